The summed E-state index contributed by atoms with van der Waals surface area (Å²) in [5.74, 6) is -1.43. The molecular formula is C20H23FN2O5S2. The summed E-state index contributed by atoms with van der Waals surface area (Å²) in [6.45, 7) is 4.07. The average molecular weight is 455 g/mol. The molecule has 0 aliphatic carbocycles. The van der Waals surface area contributed by atoms with Crippen LogP contribution in [0.4, 0.5) is 4.39 Å². The number of thiophene rings is 1. The van der Waals surface area contributed by atoms with E-state index in [1.807, 2.05) is 6.92 Å². The largest absolute Gasteiger partial charge is 0.465 e. The Morgan fingerprint density at radius 1 is 1.30 bits per heavy atom. The molecule has 1 amide bonds. The fraction of sp³-hybridized carbons (Fsp3) is 0.400. The first-order valence-electron chi connectivity index (χ1n) is 9.48. The third kappa shape index (κ3) is 4.40. The summed E-state index contributed by atoms with van der Waals surface area (Å²) in [5, 5.41) is 0. The first-order valence-corrected chi connectivity index (χ1v) is 11.8. The first-order chi connectivity index (χ1) is 14.2. The van der Waals surface area contributed by atoms with Crippen LogP contribution in [0.1, 0.15) is 51.4 Å². The lowest BCUT2D eigenvalue weighted by Gasteiger charge is -2.27. The summed E-state index contributed by atoms with van der Waals surface area (Å²) in [4.78, 5) is 27.4. The molecule has 10 heteroatoms. The molecule has 0 saturated carbocycles. The molecule has 2 aromatic rings. The van der Waals surface area contributed by atoms with E-state index in [2.05, 4.69) is 4.72 Å². The molecule has 2 heterocycles. The number of benzene rings is 1. The Hall–Kier alpha value is -2.30. The molecule has 3 rings (SSSR count). The Bertz CT molecular complexity index is 1060. The molecule has 0 spiro atoms. The van der Waals surface area contributed by atoms with Crippen LogP contribution in [0.3, 0.4) is 0 Å². The number of nitrogens with zero attached hydrogens (tertiary/aromatic N) is 1. The number of nitrogens with one attached hydrogen (secondary N) is 1. The van der Waals surface area contributed by atoms with Crippen LogP contribution >= 0.6 is 11.3 Å². The number of fused-ring (bicyclic) bond motifs is 1. The van der Waals surface area contributed by atoms with E-state index in [1.54, 1.807) is 11.8 Å². The zero-order valence-corrected chi connectivity index (χ0v) is 18.5. The van der Waals surface area contributed by atoms with Gasteiger partial charge in [-0.3, -0.25) is 4.79 Å². The Kier molecular flexibility index (Phi) is 6.59. The minimum absolute atomic E-state index is 0.0437. The van der Waals surface area contributed by atoms with Crippen molar-refractivity contribution in [1.29, 1.82) is 0 Å². The summed E-state index contributed by atoms with van der Waals surface area (Å²) in [6.07, 6.45) is 0.917. The number of methoxy groups -OCH3 is 1. The monoisotopic (exact) mass is 454 g/mol. The summed E-state index contributed by atoms with van der Waals surface area (Å²) < 4.78 is 46.3. The number of carbonyl (C=O) groups excluding carboxylic acids is 2. The highest BCUT2D eigenvalue weighted by Crippen LogP contribution is 2.37. The van der Waals surface area contributed by atoms with Crippen molar-refractivity contribution in [2.75, 3.05) is 13.7 Å². The number of halogens is 1. The van der Waals surface area contributed by atoms with E-state index in [1.165, 1.54) is 31.4 Å². The molecule has 1 aromatic carbocycles. The van der Waals surface area contributed by atoms with Crippen molar-refractivity contribution < 1.29 is 27.1 Å². The second kappa shape index (κ2) is 8.83. The van der Waals surface area contributed by atoms with Gasteiger partial charge in [0, 0.05) is 23.0 Å². The fourth-order valence-corrected chi connectivity index (χ4v) is 6.47. The van der Waals surface area contributed by atoms with E-state index < -0.39 is 21.8 Å². The Labute approximate surface area is 178 Å². The minimum atomic E-state index is -3.92. The molecule has 0 saturated heterocycles. The summed E-state index contributed by atoms with van der Waals surface area (Å²) in [6, 6.07) is 4.96. The molecule has 1 atom stereocenters. The number of ether oxygens (including phenoxy) is 1. The Morgan fingerprint density at radius 2 is 1.97 bits per heavy atom. The van der Waals surface area contributed by atoms with Gasteiger partial charge >= 0.3 is 5.97 Å². The van der Waals surface area contributed by atoms with E-state index in [0.29, 0.717) is 35.4 Å². The first kappa shape index (κ1) is 22.4. The van der Waals surface area contributed by atoms with Crippen LogP contribution in [0.5, 0.6) is 0 Å². The maximum Gasteiger partial charge on any atom is 0.340 e. The van der Waals surface area contributed by atoms with Gasteiger partial charge in [0.25, 0.3) is 15.9 Å². The van der Waals surface area contributed by atoms with Gasteiger partial charge in [-0.25, -0.2) is 22.3 Å². The molecule has 0 fully saturated rings. The molecule has 1 N–H and O–H groups in total. The fourth-order valence-electron chi connectivity index (χ4n) is 3.23. The van der Waals surface area contributed by atoms with Crippen LogP contribution in [0, 0.1) is 5.82 Å². The second-order valence-electron chi connectivity index (χ2n) is 7.07. The van der Waals surface area contributed by atoms with Gasteiger partial charge in [-0.15, -0.1) is 11.3 Å². The third-order valence-corrected chi connectivity index (χ3v) is 8.33. The zero-order valence-electron chi connectivity index (χ0n) is 16.9. The lowest BCUT2D eigenvalue weighted by atomic mass is 10.0. The summed E-state index contributed by atoms with van der Waals surface area (Å²) in [5.41, 5.74) is 0.984. The van der Waals surface area contributed by atoms with Gasteiger partial charge in [-0.05, 0) is 49.6 Å². The highest BCUT2D eigenvalue weighted by Gasteiger charge is 2.35. The van der Waals surface area contributed by atoms with Crippen LogP contribution in [0.2, 0.25) is 0 Å². The molecule has 1 aromatic heterocycles. The van der Waals surface area contributed by atoms with Crippen molar-refractivity contribution in [3.63, 3.8) is 0 Å². The van der Waals surface area contributed by atoms with Gasteiger partial charge in [0.2, 0.25) is 0 Å². The smallest absolute Gasteiger partial charge is 0.340 e. The van der Waals surface area contributed by atoms with Crippen LogP contribution in [-0.4, -0.2) is 44.9 Å². The van der Waals surface area contributed by atoms with Crippen LogP contribution < -0.4 is 4.72 Å². The maximum absolute atomic E-state index is 13.1. The molecule has 1 aliphatic heterocycles. The van der Waals surface area contributed by atoms with Gasteiger partial charge in [-0.2, -0.15) is 0 Å². The van der Waals surface area contributed by atoms with Gasteiger partial charge in [0.1, 0.15) is 10.0 Å². The minimum Gasteiger partial charge on any atom is -0.465 e. The predicted molar refractivity (Wildman–Crippen MR) is 111 cm³/mol. The number of esters is 1. The van der Waals surface area contributed by atoms with Crippen LogP contribution in [0.25, 0.3) is 0 Å². The van der Waals surface area contributed by atoms with Crippen molar-refractivity contribution in [3.8, 4) is 0 Å². The summed E-state index contributed by atoms with van der Waals surface area (Å²) >= 11 is 0.979. The van der Waals surface area contributed by atoms with E-state index in [0.717, 1.165) is 11.3 Å². The second-order valence-corrected chi connectivity index (χ2v) is 10.1. The number of rotatable bonds is 6. The average Bonchev–Trinajstić information content (AvgIpc) is 3.12. The zero-order chi connectivity index (χ0) is 22.1. The Morgan fingerprint density at radius 3 is 2.57 bits per heavy atom. The van der Waals surface area contributed by atoms with Crippen molar-refractivity contribution in [1.82, 2.24) is 9.62 Å². The molecule has 162 valence electrons. The molecule has 0 radical (unpaired) electrons. The lowest BCUT2D eigenvalue weighted by Crippen LogP contribution is -2.35. The molecule has 0 bridgehead atoms. The van der Waals surface area contributed by atoms with Crippen LogP contribution in [-0.2, 0) is 27.7 Å². The van der Waals surface area contributed by atoms with Gasteiger partial charge in [0.15, 0.2) is 0 Å². The van der Waals surface area contributed by atoms with Crippen molar-refractivity contribution >= 4 is 33.2 Å². The van der Waals surface area contributed by atoms with Gasteiger partial charge < -0.3 is 9.64 Å². The van der Waals surface area contributed by atoms with Crippen molar-refractivity contribution in [3.05, 3.63) is 51.7 Å². The van der Waals surface area contributed by atoms with E-state index >= 15 is 0 Å². The number of hydrogen-bond acceptors (Lipinski definition) is 6. The maximum atomic E-state index is 13.1. The number of carbonyl (C=O) groups is 2. The highest BCUT2D eigenvalue weighted by atomic mass is 32.2. The molecule has 1 unspecified atom stereocenters. The van der Waals surface area contributed by atoms with E-state index in [4.69, 9.17) is 4.74 Å². The Balaban J connectivity index is 1.96. The van der Waals surface area contributed by atoms with Crippen molar-refractivity contribution in [2.24, 2.45) is 0 Å². The van der Waals surface area contributed by atoms with Crippen molar-refractivity contribution in [2.45, 2.75) is 43.5 Å². The number of amides is 1. The topological polar surface area (TPSA) is 92.8 Å². The third-order valence-electron chi connectivity index (χ3n) is 5.01. The highest BCUT2D eigenvalue weighted by molar-refractivity contribution is 7.91. The molecular weight excluding hydrogens is 431 g/mol. The van der Waals surface area contributed by atoms with E-state index in [-0.39, 0.29) is 28.3 Å². The number of sulfonamides is 1. The predicted octanol–water partition coefficient (Wildman–Crippen LogP) is 2.95. The SMILES string of the molecule is CCC(C)NS(=O)(=O)c1sc2c(c1C(=O)OC)CCN(C(=O)c1ccc(F)cc1)C2. The van der Waals surface area contributed by atoms with Crippen LogP contribution in [0.15, 0.2) is 28.5 Å². The van der Waals surface area contributed by atoms with Gasteiger partial charge in [0.05, 0.1) is 19.2 Å². The standard InChI is InChI=1S/C20H23FN2O5S2/c1-4-12(2)22-30(26,27)20-17(19(25)28-3)15-9-10-23(11-16(15)29-20)18(24)13-5-7-14(21)8-6-13/h5-8,12,22H,4,9-11H2,1-3H3. The molecule has 7 nitrogen and oxygen atoms in total. The van der Waals surface area contributed by atoms with Gasteiger partial charge in [-0.1, -0.05) is 6.92 Å². The van der Waals surface area contributed by atoms with E-state index in [9.17, 15) is 22.4 Å². The number of hydrogen-bond donors (Lipinski definition) is 1. The normalized spacial score (nSPS) is 14.9. The molecule has 30 heavy (non-hydrogen) atoms. The molecule has 1 aliphatic rings. The lowest BCUT2D eigenvalue weighted by molar-refractivity contribution is 0.0595. The summed E-state index contributed by atoms with van der Waals surface area (Å²) in [7, 11) is -2.72. The quantitative estimate of drug-likeness (QED) is 0.678.